The van der Waals surface area contributed by atoms with Crippen LogP contribution in [-0.2, 0) is 19.1 Å². The first-order valence-corrected chi connectivity index (χ1v) is 12.0. The molecule has 0 heterocycles. The molecule has 0 aromatic carbocycles. The Kier molecular flexibility index (Phi) is 8.97. The molecule has 0 atom stereocenters. The van der Waals surface area contributed by atoms with Gasteiger partial charge in [0, 0.05) is 16.9 Å². The number of esters is 1. The first-order valence-electron chi connectivity index (χ1n) is 12.0. The van der Waals surface area contributed by atoms with Gasteiger partial charge in [-0.3, -0.25) is 9.59 Å². The molecule has 0 spiro atoms. The molecule has 30 heavy (non-hydrogen) atoms. The van der Waals surface area contributed by atoms with Gasteiger partial charge in [0.25, 0.3) is 5.97 Å². The van der Waals surface area contributed by atoms with E-state index in [-0.39, 0.29) is 28.8 Å². The Labute approximate surface area is 184 Å². The van der Waals surface area contributed by atoms with Crippen LogP contribution in [0.1, 0.15) is 106 Å². The molecule has 0 aromatic rings. The molecule has 0 radical (unpaired) electrons. The summed E-state index contributed by atoms with van der Waals surface area (Å²) in [5, 5.41) is 0. The number of ether oxygens (including phenoxy) is 2. The highest BCUT2D eigenvalue weighted by Crippen LogP contribution is 2.39. The fraction of sp³-hybridized carbons (Fsp3) is 0.846. The second kappa shape index (κ2) is 10.6. The van der Waals surface area contributed by atoms with Gasteiger partial charge >= 0.3 is 0 Å². The Bertz CT molecular complexity index is 558. The second-order valence-corrected chi connectivity index (χ2v) is 11.2. The summed E-state index contributed by atoms with van der Waals surface area (Å²) >= 11 is 0. The van der Waals surface area contributed by atoms with Crippen LogP contribution in [0.15, 0.2) is 0 Å². The third kappa shape index (κ3) is 7.35. The van der Waals surface area contributed by atoms with Crippen LogP contribution in [-0.4, -0.2) is 17.4 Å². The van der Waals surface area contributed by atoms with Crippen molar-refractivity contribution in [2.75, 3.05) is 0 Å². The van der Waals surface area contributed by atoms with E-state index in [1.165, 1.54) is 0 Å². The van der Waals surface area contributed by atoms with Gasteiger partial charge in [0.15, 0.2) is 0 Å². The van der Waals surface area contributed by atoms with Gasteiger partial charge in [-0.2, -0.15) is 19.6 Å². The van der Waals surface area contributed by atoms with Gasteiger partial charge in [0.05, 0.1) is 5.92 Å². The van der Waals surface area contributed by atoms with Gasteiger partial charge in [0.2, 0.25) is 0 Å². The highest BCUT2D eigenvalue weighted by Gasteiger charge is 2.34. The lowest BCUT2D eigenvalue weighted by Crippen LogP contribution is -2.33. The van der Waals surface area contributed by atoms with Gasteiger partial charge in [-0.25, -0.2) is 0 Å². The molecule has 0 aliphatic heterocycles. The van der Waals surface area contributed by atoms with E-state index in [4.69, 9.17) is 9.47 Å². The zero-order valence-corrected chi connectivity index (χ0v) is 20.4. The summed E-state index contributed by atoms with van der Waals surface area (Å²) in [6.07, 6.45) is 9.56. The summed E-state index contributed by atoms with van der Waals surface area (Å²) in [4.78, 5) is 25.0. The third-order valence-corrected chi connectivity index (χ3v) is 7.18. The van der Waals surface area contributed by atoms with Gasteiger partial charge < -0.3 is 9.47 Å². The number of ketones is 1. The number of Topliss-reactive ketones (excluding diaryl/α,β-unsaturated/α-hetero) is 1. The molecule has 4 heteroatoms. The van der Waals surface area contributed by atoms with E-state index in [0.29, 0.717) is 17.6 Å². The average Bonchev–Trinajstić information content (AvgIpc) is 2.71. The van der Waals surface area contributed by atoms with Crippen molar-refractivity contribution in [3.63, 3.8) is 0 Å². The van der Waals surface area contributed by atoms with Crippen LogP contribution >= 0.6 is 0 Å². The maximum absolute atomic E-state index is 12.5. The first kappa shape index (κ1) is 25.4. The minimum Gasteiger partial charge on any atom is -0.637 e. The minimum atomic E-state index is -0.294. The Morgan fingerprint density at radius 2 is 1.43 bits per heavy atom. The quantitative estimate of drug-likeness (QED) is 0.325. The molecule has 0 aromatic heterocycles. The lowest BCUT2D eigenvalue weighted by atomic mass is 9.73. The summed E-state index contributed by atoms with van der Waals surface area (Å²) < 4.78 is 11.8. The first-order chi connectivity index (χ1) is 13.9. The lowest BCUT2D eigenvalue weighted by Gasteiger charge is -2.48. The molecule has 0 saturated heterocycles. The van der Waals surface area contributed by atoms with Crippen molar-refractivity contribution in [2.24, 2.45) is 29.1 Å². The number of rotatable bonds is 8. The molecule has 0 amide bonds. The monoisotopic (exact) mass is 420 g/mol. The van der Waals surface area contributed by atoms with Gasteiger partial charge in [-0.15, -0.1) is 11.8 Å². The predicted octanol–water partition coefficient (Wildman–Crippen LogP) is 6.68. The SMILES string of the molecule is CCC(C)(C)O[C-](C)C1CCC([CH-]OC(=O)C2CCC(C(=O)C(C)(C)C)CC2)CC1. The Morgan fingerprint density at radius 1 is 0.900 bits per heavy atom. The normalized spacial score (nSPS) is 28.4. The van der Waals surface area contributed by atoms with Gasteiger partial charge in [-0.05, 0) is 46.0 Å². The van der Waals surface area contributed by atoms with Crippen molar-refractivity contribution < 1.29 is 19.1 Å². The summed E-state index contributed by atoms with van der Waals surface area (Å²) in [5.74, 6) is 1.13. The molecular weight excluding hydrogens is 376 g/mol. The van der Waals surface area contributed by atoms with E-state index < -0.39 is 0 Å². The Morgan fingerprint density at radius 3 is 1.93 bits per heavy atom. The molecule has 0 N–H and O–H groups in total. The molecule has 2 aliphatic carbocycles. The largest absolute Gasteiger partial charge is 0.637 e. The maximum Gasteiger partial charge on any atom is 0.277 e. The van der Waals surface area contributed by atoms with Crippen molar-refractivity contribution in [2.45, 2.75) is 112 Å². The number of hydrogen-bond acceptors (Lipinski definition) is 4. The molecule has 2 aliphatic rings. The van der Waals surface area contributed by atoms with Crippen molar-refractivity contribution in [3.8, 4) is 0 Å². The van der Waals surface area contributed by atoms with E-state index in [1.54, 1.807) is 6.61 Å². The fourth-order valence-corrected chi connectivity index (χ4v) is 4.72. The second-order valence-electron chi connectivity index (χ2n) is 11.2. The topological polar surface area (TPSA) is 52.6 Å². The molecular formula is C26H44O4-2. The van der Waals surface area contributed by atoms with Crippen molar-refractivity contribution in [3.05, 3.63) is 12.7 Å². The highest BCUT2D eigenvalue weighted by molar-refractivity contribution is 5.86. The number of carbonyl (C=O) groups excluding carboxylic acids is 2. The zero-order valence-electron chi connectivity index (χ0n) is 20.4. The van der Waals surface area contributed by atoms with Crippen LogP contribution in [0.4, 0.5) is 0 Å². The number of hydrogen-bond donors (Lipinski definition) is 0. The van der Waals surface area contributed by atoms with Crippen molar-refractivity contribution in [1.82, 2.24) is 0 Å². The van der Waals surface area contributed by atoms with E-state index in [1.807, 2.05) is 20.8 Å². The molecule has 2 rings (SSSR count). The number of carbonyl (C=O) groups is 2. The highest BCUT2D eigenvalue weighted by atomic mass is 16.5. The van der Waals surface area contributed by atoms with E-state index in [0.717, 1.165) is 63.9 Å². The lowest BCUT2D eigenvalue weighted by molar-refractivity contribution is -0.148. The smallest absolute Gasteiger partial charge is 0.277 e. The summed E-state index contributed by atoms with van der Waals surface area (Å²) in [5.41, 5.74) is -0.392. The maximum atomic E-state index is 12.5. The molecule has 0 unspecified atom stereocenters. The van der Waals surface area contributed by atoms with E-state index in [2.05, 4.69) is 27.7 Å². The molecule has 4 nitrogen and oxygen atoms in total. The van der Waals surface area contributed by atoms with Crippen LogP contribution in [0.25, 0.3) is 0 Å². The minimum absolute atomic E-state index is 0.0538. The standard InChI is InChI=1S/C26H44O4/c1-8-26(6,7)30-18(2)20-11-9-19(10-12-20)17-29-24(28)22-15-13-21(14-16-22)23(27)25(3,4)5/h17,19-22H,8-16H2,1-7H3/q-2. The molecule has 174 valence electrons. The predicted molar refractivity (Wildman–Crippen MR) is 120 cm³/mol. The van der Waals surface area contributed by atoms with Crippen molar-refractivity contribution >= 4 is 11.8 Å². The summed E-state index contributed by atoms with van der Waals surface area (Å²) in [6, 6.07) is 0. The van der Waals surface area contributed by atoms with Gasteiger partial charge in [-0.1, -0.05) is 53.4 Å². The Hall–Kier alpha value is -0.900. The van der Waals surface area contributed by atoms with Crippen LogP contribution in [0.3, 0.4) is 0 Å². The van der Waals surface area contributed by atoms with E-state index >= 15 is 0 Å². The fourth-order valence-electron chi connectivity index (χ4n) is 4.72. The van der Waals surface area contributed by atoms with Crippen LogP contribution in [0.2, 0.25) is 0 Å². The summed E-state index contributed by atoms with van der Waals surface area (Å²) in [7, 11) is 0. The molecule has 0 bridgehead atoms. The zero-order chi connectivity index (χ0) is 22.5. The third-order valence-electron chi connectivity index (χ3n) is 7.18. The Balaban J connectivity index is 1.68. The summed E-state index contributed by atoms with van der Waals surface area (Å²) in [6.45, 7) is 16.3. The average molecular weight is 421 g/mol. The molecule has 2 fully saturated rings. The van der Waals surface area contributed by atoms with Gasteiger partial charge in [0.1, 0.15) is 5.78 Å². The van der Waals surface area contributed by atoms with Crippen LogP contribution in [0.5, 0.6) is 0 Å². The van der Waals surface area contributed by atoms with E-state index in [9.17, 15) is 9.59 Å². The van der Waals surface area contributed by atoms with Crippen LogP contribution < -0.4 is 0 Å². The van der Waals surface area contributed by atoms with Crippen molar-refractivity contribution in [1.29, 1.82) is 0 Å². The molecule has 2 saturated carbocycles. The van der Waals surface area contributed by atoms with Crippen LogP contribution in [0, 0.1) is 41.8 Å².